The van der Waals surface area contributed by atoms with Crippen molar-refractivity contribution in [1.29, 1.82) is 0 Å². The van der Waals surface area contributed by atoms with Crippen LogP contribution in [0.4, 0.5) is 0 Å². The Bertz CT molecular complexity index is 558. The van der Waals surface area contributed by atoms with E-state index >= 15 is 0 Å². The lowest BCUT2D eigenvalue weighted by molar-refractivity contribution is 0.304. The molecule has 0 bridgehead atoms. The minimum atomic E-state index is 0.295. The van der Waals surface area contributed by atoms with Crippen LogP contribution in [0.1, 0.15) is 58.3 Å². The smallest absolute Gasteiger partial charge is 0.119 e. The second-order valence-corrected chi connectivity index (χ2v) is 6.39. The highest BCUT2D eigenvalue weighted by Crippen LogP contribution is 2.24. The zero-order valence-corrected chi connectivity index (χ0v) is 14.8. The summed E-state index contributed by atoms with van der Waals surface area (Å²) < 4.78 is 5.82. The monoisotopic (exact) mass is 326 g/mol. The van der Waals surface area contributed by atoms with Gasteiger partial charge in [-0.15, -0.1) is 0 Å². The van der Waals surface area contributed by atoms with Gasteiger partial charge in [-0.2, -0.15) is 0 Å². The molecule has 0 aromatic heterocycles. The Morgan fingerprint density at radius 3 is 1.75 bits per heavy atom. The van der Waals surface area contributed by atoms with Crippen LogP contribution < -0.4 is 4.74 Å². The van der Waals surface area contributed by atoms with E-state index in [0.29, 0.717) is 5.75 Å². The number of rotatable bonds is 11. The van der Waals surface area contributed by atoms with Crippen molar-refractivity contribution in [2.24, 2.45) is 0 Å². The number of unbranched alkanes of at least 4 members (excludes halogenated alkanes) is 7. The third-order valence-corrected chi connectivity index (χ3v) is 4.32. The number of hydrogen-bond acceptors (Lipinski definition) is 2. The molecule has 0 heterocycles. The second-order valence-electron chi connectivity index (χ2n) is 6.39. The number of benzene rings is 2. The molecule has 0 fully saturated rings. The van der Waals surface area contributed by atoms with Crippen LogP contribution in [0.5, 0.6) is 11.5 Å². The maximum atomic E-state index is 9.34. The zero-order chi connectivity index (χ0) is 17.0. The molecule has 0 saturated heterocycles. The highest BCUT2D eigenvalue weighted by Gasteiger charge is 1.99. The van der Waals surface area contributed by atoms with Crippen molar-refractivity contribution < 1.29 is 9.84 Å². The molecule has 2 heteroatoms. The third kappa shape index (κ3) is 6.66. The molecule has 0 amide bonds. The van der Waals surface area contributed by atoms with Crippen LogP contribution >= 0.6 is 0 Å². The van der Waals surface area contributed by atoms with E-state index in [1.165, 1.54) is 44.9 Å². The SMILES string of the molecule is CCCCCCCCCCOc1ccc(-c2ccc(O)cc2)cc1. The van der Waals surface area contributed by atoms with Crippen LogP contribution in [0, 0.1) is 0 Å². The van der Waals surface area contributed by atoms with Gasteiger partial charge >= 0.3 is 0 Å². The largest absolute Gasteiger partial charge is 0.508 e. The average molecular weight is 326 g/mol. The van der Waals surface area contributed by atoms with Crippen molar-refractivity contribution in [3.63, 3.8) is 0 Å². The minimum Gasteiger partial charge on any atom is -0.508 e. The van der Waals surface area contributed by atoms with Crippen molar-refractivity contribution in [2.75, 3.05) is 6.61 Å². The molecule has 0 aliphatic rings. The number of phenolic OH excluding ortho intramolecular Hbond substituents is 1. The molecule has 0 saturated carbocycles. The fraction of sp³-hybridized carbons (Fsp3) is 0.455. The molecule has 0 unspecified atom stereocenters. The van der Waals surface area contributed by atoms with E-state index in [2.05, 4.69) is 19.1 Å². The summed E-state index contributed by atoms with van der Waals surface area (Å²) in [7, 11) is 0. The fourth-order valence-electron chi connectivity index (χ4n) is 2.82. The van der Waals surface area contributed by atoms with E-state index in [1.807, 2.05) is 24.3 Å². The van der Waals surface area contributed by atoms with E-state index in [4.69, 9.17) is 4.74 Å². The first-order valence-corrected chi connectivity index (χ1v) is 9.32. The third-order valence-electron chi connectivity index (χ3n) is 4.32. The van der Waals surface area contributed by atoms with Crippen LogP contribution in [0.2, 0.25) is 0 Å². The maximum Gasteiger partial charge on any atom is 0.119 e. The molecule has 0 aliphatic carbocycles. The van der Waals surface area contributed by atoms with Crippen molar-refractivity contribution in [2.45, 2.75) is 58.3 Å². The van der Waals surface area contributed by atoms with Gasteiger partial charge in [-0.1, -0.05) is 76.1 Å². The first kappa shape index (κ1) is 18.4. The molecule has 2 aromatic rings. The Balaban J connectivity index is 1.63. The molecule has 0 aliphatic heterocycles. The molecule has 130 valence electrons. The van der Waals surface area contributed by atoms with E-state index < -0.39 is 0 Å². The van der Waals surface area contributed by atoms with Gasteiger partial charge < -0.3 is 9.84 Å². The van der Waals surface area contributed by atoms with E-state index in [9.17, 15) is 5.11 Å². The number of aromatic hydroxyl groups is 1. The van der Waals surface area contributed by atoms with Crippen molar-refractivity contribution >= 4 is 0 Å². The molecule has 24 heavy (non-hydrogen) atoms. The molecular weight excluding hydrogens is 296 g/mol. The lowest BCUT2D eigenvalue weighted by atomic mass is 10.1. The van der Waals surface area contributed by atoms with Gasteiger partial charge in [0.15, 0.2) is 0 Å². The van der Waals surface area contributed by atoms with Crippen LogP contribution in [-0.2, 0) is 0 Å². The summed E-state index contributed by atoms with van der Waals surface area (Å²) >= 11 is 0. The van der Waals surface area contributed by atoms with Crippen LogP contribution in [0.25, 0.3) is 11.1 Å². The lowest BCUT2D eigenvalue weighted by Crippen LogP contribution is -1.97. The zero-order valence-electron chi connectivity index (χ0n) is 14.8. The molecule has 0 spiro atoms. The number of ether oxygens (including phenoxy) is 1. The van der Waals surface area contributed by atoms with E-state index in [1.54, 1.807) is 12.1 Å². The summed E-state index contributed by atoms with van der Waals surface area (Å²) in [5.41, 5.74) is 2.23. The minimum absolute atomic E-state index is 0.295. The predicted octanol–water partition coefficient (Wildman–Crippen LogP) is 6.58. The standard InChI is InChI=1S/C22H30O2/c1-2-3-4-5-6-7-8-9-18-24-22-16-12-20(13-17-22)19-10-14-21(23)15-11-19/h10-17,23H,2-9,18H2,1H3. The number of hydrogen-bond donors (Lipinski definition) is 1. The van der Waals surface area contributed by atoms with Crippen LogP contribution in [0.3, 0.4) is 0 Å². The highest BCUT2D eigenvalue weighted by atomic mass is 16.5. The first-order valence-electron chi connectivity index (χ1n) is 9.32. The van der Waals surface area contributed by atoms with Crippen LogP contribution in [0.15, 0.2) is 48.5 Å². The summed E-state index contributed by atoms with van der Waals surface area (Å²) in [6, 6.07) is 15.4. The predicted molar refractivity (Wildman–Crippen MR) is 102 cm³/mol. The Morgan fingerprint density at radius 2 is 1.17 bits per heavy atom. The normalized spacial score (nSPS) is 10.7. The molecule has 1 N–H and O–H groups in total. The van der Waals surface area contributed by atoms with E-state index in [0.717, 1.165) is 29.9 Å². The Labute approximate surface area is 146 Å². The van der Waals surface area contributed by atoms with E-state index in [-0.39, 0.29) is 0 Å². The average Bonchev–Trinajstić information content (AvgIpc) is 2.62. The van der Waals surface area contributed by atoms with Gasteiger partial charge in [0.1, 0.15) is 11.5 Å². The van der Waals surface area contributed by atoms with Gasteiger partial charge in [0.05, 0.1) is 6.61 Å². The highest BCUT2D eigenvalue weighted by molar-refractivity contribution is 5.64. The Morgan fingerprint density at radius 1 is 0.667 bits per heavy atom. The second kappa shape index (κ2) is 10.7. The van der Waals surface area contributed by atoms with Gasteiger partial charge in [-0.25, -0.2) is 0 Å². The van der Waals surface area contributed by atoms with Gasteiger partial charge in [-0.3, -0.25) is 0 Å². The first-order chi connectivity index (χ1) is 11.8. The van der Waals surface area contributed by atoms with Crippen molar-refractivity contribution in [3.8, 4) is 22.6 Å². The van der Waals surface area contributed by atoms with Crippen LogP contribution in [-0.4, -0.2) is 11.7 Å². The fourth-order valence-corrected chi connectivity index (χ4v) is 2.82. The van der Waals surface area contributed by atoms with Crippen molar-refractivity contribution in [3.05, 3.63) is 48.5 Å². The topological polar surface area (TPSA) is 29.5 Å². The molecule has 0 radical (unpaired) electrons. The van der Waals surface area contributed by atoms with Gasteiger partial charge in [0, 0.05) is 0 Å². The van der Waals surface area contributed by atoms with Gasteiger partial charge in [0.25, 0.3) is 0 Å². The quantitative estimate of drug-likeness (QED) is 0.473. The Kier molecular flexibility index (Phi) is 8.23. The summed E-state index contributed by atoms with van der Waals surface area (Å²) in [6.07, 6.45) is 10.6. The number of phenols is 1. The molecule has 2 nitrogen and oxygen atoms in total. The summed E-state index contributed by atoms with van der Waals surface area (Å²) in [5, 5.41) is 9.34. The summed E-state index contributed by atoms with van der Waals surface area (Å²) in [4.78, 5) is 0. The van der Waals surface area contributed by atoms with Gasteiger partial charge in [-0.05, 0) is 41.8 Å². The van der Waals surface area contributed by atoms with Gasteiger partial charge in [0.2, 0.25) is 0 Å². The molecule has 0 atom stereocenters. The maximum absolute atomic E-state index is 9.34. The molecule has 2 aromatic carbocycles. The Hall–Kier alpha value is -1.96. The van der Waals surface area contributed by atoms with Crippen molar-refractivity contribution in [1.82, 2.24) is 0 Å². The lowest BCUT2D eigenvalue weighted by Gasteiger charge is -2.08. The summed E-state index contributed by atoms with van der Waals surface area (Å²) in [5.74, 6) is 1.23. The summed E-state index contributed by atoms with van der Waals surface area (Å²) in [6.45, 7) is 3.06. The molecule has 2 rings (SSSR count). The molecular formula is C22H30O2.